The Morgan fingerprint density at radius 1 is 1.50 bits per heavy atom. The normalized spacial score (nSPS) is 13.6. The highest BCUT2D eigenvalue weighted by Gasteiger charge is 1.95. The van der Waals surface area contributed by atoms with Gasteiger partial charge < -0.3 is 5.11 Å². The Bertz CT molecular complexity index is 130. The van der Waals surface area contributed by atoms with Crippen LogP contribution >= 0.6 is 0 Å². The molecule has 0 spiro atoms. The second-order valence-corrected chi connectivity index (χ2v) is 2.62. The van der Waals surface area contributed by atoms with Gasteiger partial charge in [-0.25, -0.2) is 0 Å². The fourth-order valence-electron chi connectivity index (χ4n) is 0.844. The van der Waals surface area contributed by atoms with Crippen LogP contribution in [0.3, 0.4) is 0 Å². The lowest BCUT2D eigenvalue weighted by Gasteiger charge is -2.02. The SMILES string of the molecule is CC=CC(C=C(C)C)CO. The van der Waals surface area contributed by atoms with Gasteiger partial charge in [-0.05, 0) is 20.8 Å². The van der Waals surface area contributed by atoms with E-state index in [0.717, 1.165) is 0 Å². The van der Waals surface area contributed by atoms with Gasteiger partial charge in [0.1, 0.15) is 0 Å². The lowest BCUT2D eigenvalue weighted by molar-refractivity contribution is 0.273. The summed E-state index contributed by atoms with van der Waals surface area (Å²) in [5.41, 5.74) is 1.25. The van der Waals surface area contributed by atoms with Crippen LogP contribution in [0.5, 0.6) is 0 Å². The lowest BCUT2D eigenvalue weighted by atomic mass is 10.1. The molecule has 0 saturated heterocycles. The zero-order valence-electron chi connectivity index (χ0n) is 6.96. The molecule has 0 aromatic carbocycles. The number of allylic oxidation sites excluding steroid dienone is 2. The molecule has 0 aromatic heterocycles. The Morgan fingerprint density at radius 3 is 2.40 bits per heavy atom. The summed E-state index contributed by atoms with van der Waals surface area (Å²) in [4.78, 5) is 0. The fraction of sp³-hybridized carbons (Fsp3) is 0.556. The van der Waals surface area contributed by atoms with E-state index in [9.17, 15) is 0 Å². The van der Waals surface area contributed by atoms with Crippen molar-refractivity contribution in [1.29, 1.82) is 0 Å². The molecule has 1 N–H and O–H groups in total. The number of aliphatic hydroxyl groups excluding tert-OH is 1. The maximum absolute atomic E-state index is 8.81. The quantitative estimate of drug-likeness (QED) is 0.595. The van der Waals surface area contributed by atoms with Crippen molar-refractivity contribution in [2.45, 2.75) is 20.8 Å². The van der Waals surface area contributed by atoms with Crippen molar-refractivity contribution in [3.05, 3.63) is 23.8 Å². The lowest BCUT2D eigenvalue weighted by Crippen LogP contribution is -1.98. The first-order valence-electron chi connectivity index (χ1n) is 3.59. The van der Waals surface area contributed by atoms with E-state index >= 15 is 0 Å². The Hall–Kier alpha value is -0.560. The predicted molar refractivity (Wildman–Crippen MR) is 44.8 cm³/mol. The van der Waals surface area contributed by atoms with Crippen molar-refractivity contribution in [1.82, 2.24) is 0 Å². The molecular formula is C9H16O. The van der Waals surface area contributed by atoms with Crippen molar-refractivity contribution in [3.8, 4) is 0 Å². The summed E-state index contributed by atoms with van der Waals surface area (Å²) in [6.07, 6.45) is 6.01. The van der Waals surface area contributed by atoms with Gasteiger partial charge in [-0.15, -0.1) is 0 Å². The zero-order valence-corrected chi connectivity index (χ0v) is 6.96. The molecule has 0 heterocycles. The average Bonchev–Trinajstić information content (AvgIpc) is 1.86. The van der Waals surface area contributed by atoms with Crippen LogP contribution in [0.1, 0.15) is 20.8 Å². The minimum atomic E-state index is 0.204. The molecule has 0 fully saturated rings. The first-order valence-corrected chi connectivity index (χ1v) is 3.59. The molecule has 58 valence electrons. The van der Waals surface area contributed by atoms with Crippen LogP contribution in [0, 0.1) is 5.92 Å². The van der Waals surface area contributed by atoms with Gasteiger partial charge in [0.15, 0.2) is 0 Å². The molecule has 10 heavy (non-hydrogen) atoms. The third kappa shape index (κ3) is 4.33. The molecule has 0 radical (unpaired) electrons. The summed E-state index contributed by atoms with van der Waals surface area (Å²) in [7, 11) is 0. The van der Waals surface area contributed by atoms with E-state index in [0.29, 0.717) is 0 Å². The zero-order chi connectivity index (χ0) is 7.98. The topological polar surface area (TPSA) is 20.2 Å². The molecule has 0 amide bonds. The van der Waals surface area contributed by atoms with Crippen LogP contribution in [-0.4, -0.2) is 11.7 Å². The van der Waals surface area contributed by atoms with Gasteiger partial charge in [0.25, 0.3) is 0 Å². The van der Waals surface area contributed by atoms with E-state index in [1.165, 1.54) is 5.57 Å². The van der Waals surface area contributed by atoms with Crippen LogP contribution < -0.4 is 0 Å². The van der Waals surface area contributed by atoms with E-state index in [-0.39, 0.29) is 12.5 Å². The second kappa shape index (κ2) is 5.24. The van der Waals surface area contributed by atoms with E-state index in [4.69, 9.17) is 5.11 Å². The summed E-state index contributed by atoms with van der Waals surface area (Å²) in [5, 5.41) is 8.81. The first-order chi connectivity index (χ1) is 4.70. The molecule has 0 aliphatic carbocycles. The molecule has 1 unspecified atom stereocenters. The minimum absolute atomic E-state index is 0.204. The van der Waals surface area contributed by atoms with Crippen molar-refractivity contribution in [2.24, 2.45) is 5.92 Å². The molecule has 0 bridgehead atoms. The molecule has 1 nitrogen and oxygen atoms in total. The van der Waals surface area contributed by atoms with Crippen molar-refractivity contribution >= 4 is 0 Å². The predicted octanol–water partition coefficient (Wildman–Crippen LogP) is 2.14. The average molecular weight is 140 g/mol. The fourth-order valence-corrected chi connectivity index (χ4v) is 0.844. The summed E-state index contributed by atoms with van der Waals surface area (Å²) in [5.74, 6) is 0.204. The van der Waals surface area contributed by atoms with Crippen molar-refractivity contribution in [2.75, 3.05) is 6.61 Å². The molecule has 0 aromatic rings. The van der Waals surface area contributed by atoms with Crippen LogP contribution in [0.25, 0.3) is 0 Å². The third-order valence-electron chi connectivity index (χ3n) is 1.20. The van der Waals surface area contributed by atoms with Gasteiger partial charge in [-0.1, -0.05) is 23.8 Å². The van der Waals surface area contributed by atoms with Gasteiger partial charge in [-0.3, -0.25) is 0 Å². The largest absolute Gasteiger partial charge is 0.395 e. The van der Waals surface area contributed by atoms with E-state index in [1.54, 1.807) is 0 Å². The molecule has 0 aliphatic rings. The van der Waals surface area contributed by atoms with Gasteiger partial charge in [0.2, 0.25) is 0 Å². The number of aliphatic hydroxyl groups is 1. The highest BCUT2D eigenvalue weighted by molar-refractivity contribution is 5.04. The number of hydrogen-bond donors (Lipinski definition) is 1. The molecular weight excluding hydrogens is 124 g/mol. The van der Waals surface area contributed by atoms with Gasteiger partial charge in [0.05, 0.1) is 6.61 Å². The van der Waals surface area contributed by atoms with Crippen LogP contribution in [0.4, 0.5) is 0 Å². The van der Waals surface area contributed by atoms with Crippen molar-refractivity contribution < 1.29 is 5.11 Å². The Labute approximate surface area is 63.1 Å². The van der Waals surface area contributed by atoms with Gasteiger partial charge in [-0.2, -0.15) is 0 Å². The summed E-state index contributed by atoms with van der Waals surface area (Å²) < 4.78 is 0. The first kappa shape index (κ1) is 9.44. The maximum atomic E-state index is 8.81. The van der Waals surface area contributed by atoms with Crippen LogP contribution in [0.2, 0.25) is 0 Å². The summed E-state index contributed by atoms with van der Waals surface area (Å²) in [6.45, 7) is 6.23. The highest BCUT2D eigenvalue weighted by Crippen LogP contribution is 2.03. The smallest absolute Gasteiger partial charge is 0.0528 e. The van der Waals surface area contributed by atoms with Gasteiger partial charge in [0, 0.05) is 5.92 Å². The van der Waals surface area contributed by atoms with E-state index in [2.05, 4.69) is 6.08 Å². The summed E-state index contributed by atoms with van der Waals surface area (Å²) in [6, 6.07) is 0. The number of rotatable bonds is 3. The molecule has 0 aliphatic heterocycles. The van der Waals surface area contributed by atoms with E-state index in [1.807, 2.05) is 32.9 Å². The second-order valence-electron chi connectivity index (χ2n) is 2.62. The van der Waals surface area contributed by atoms with Crippen molar-refractivity contribution in [3.63, 3.8) is 0 Å². The standard InChI is InChI=1S/C9H16O/c1-4-5-9(7-10)6-8(2)3/h4-6,9-10H,7H2,1-3H3. The molecule has 1 atom stereocenters. The van der Waals surface area contributed by atoms with E-state index < -0.39 is 0 Å². The Kier molecular flexibility index (Phi) is 4.95. The molecule has 0 saturated carbocycles. The third-order valence-corrected chi connectivity index (χ3v) is 1.20. The maximum Gasteiger partial charge on any atom is 0.0528 e. The monoisotopic (exact) mass is 140 g/mol. The minimum Gasteiger partial charge on any atom is -0.395 e. The van der Waals surface area contributed by atoms with Crippen LogP contribution in [-0.2, 0) is 0 Å². The molecule has 1 heteroatoms. The summed E-state index contributed by atoms with van der Waals surface area (Å²) >= 11 is 0. The van der Waals surface area contributed by atoms with Crippen LogP contribution in [0.15, 0.2) is 23.8 Å². The molecule has 0 rings (SSSR count). The Morgan fingerprint density at radius 2 is 2.10 bits per heavy atom. The number of hydrogen-bond acceptors (Lipinski definition) is 1. The van der Waals surface area contributed by atoms with Gasteiger partial charge >= 0.3 is 0 Å². The highest BCUT2D eigenvalue weighted by atomic mass is 16.3. The Balaban J connectivity index is 3.95.